The number of hydrogen-bond donors (Lipinski definition) is 1. The van der Waals surface area contributed by atoms with E-state index in [4.69, 9.17) is 9.26 Å². The molecule has 1 heterocycles. The molecular formula is C16H19N3O3. The lowest BCUT2D eigenvalue weighted by Gasteiger charge is -2.09. The summed E-state index contributed by atoms with van der Waals surface area (Å²) >= 11 is 0. The molecule has 1 saturated carbocycles. The summed E-state index contributed by atoms with van der Waals surface area (Å²) in [4.78, 5) is 15.9. The van der Waals surface area contributed by atoms with Crippen molar-refractivity contribution in [3.8, 4) is 11.5 Å². The molecule has 116 valence electrons. The van der Waals surface area contributed by atoms with Crippen molar-refractivity contribution in [1.29, 1.82) is 0 Å². The van der Waals surface area contributed by atoms with E-state index in [0.29, 0.717) is 18.4 Å². The molecular weight excluding hydrogens is 282 g/mol. The summed E-state index contributed by atoms with van der Waals surface area (Å²) in [6, 6.07) is 5.82. The van der Waals surface area contributed by atoms with Gasteiger partial charge in [-0.15, -0.1) is 0 Å². The normalized spacial score (nSPS) is 13.9. The molecule has 22 heavy (non-hydrogen) atoms. The standard InChI is InChI=1S/C16H19N3O3/c1-3-21-14(20)9-17-13-8-12(5-4-10(13)2)16-18-15(19-22-16)11-6-7-11/h4-5,8,11,17H,3,6-7,9H2,1-2H3. The Balaban J connectivity index is 1.74. The number of hydrogen-bond acceptors (Lipinski definition) is 6. The van der Waals surface area contributed by atoms with Crippen LogP contribution in [-0.2, 0) is 9.53 Å². The zero-order valence-electron chi connectivity index (χ0n) is 12.8. The van der Waals surface area contributed by atoms with Gasteiger partial charge in [-0.25, -0.2) is 0 Å². The van der Waals surface area contributed by atoms with Crippen LogP contribution in [0.5, 0.6) is 0 Å². The van der Waals surface area contributed by atoms with Gasteiger partial charge in [0.1, 0.15) is 6.54 Å². The summed E-state index contributed by atoms with van der Waals surface area (Å²) in [5.41, 5.74) is 2.74. The third-order valence-electron chi connectivity index (χ3n) is 3.60. The Bertz CT molecular complexity index is 677. The van der Waals surface area contributed by atoms with Gasteiger partial charge >= 0.3 is 5.97 Å². The van der Waals surface area contributed by atoms with Crippen LogP contribution >= 0.6 is 0 Å². The van der Waals surface area contributed by atoms with Gasteiger partial charge in [-0.2, -0.15) is 4.98 Å². The van der Waals surface area contributed by atoms with Crippen molar-refractivity contribution in [2.45, 2.75) is 32.6 Å². The number of anilines is 1. The van der Waals surface area contributed by atoms with Crippen molar-refractivity contribution in [2.24, 2.45) is 0 Å². The molecule has 6 nitrogen and oxygen atoms in total. The van der Waals surface area contributed by atoms with Crippen LogP contribution in [0.4, 0.5) is 5.69 Å². The number of nitrogens with one attached hydrogen (secondary N) is 1. The lowest BCUT2D eigenvalue weighted by Crippen LogP contribution is -2.17. The molecule has 3 rings (SSSR count). The molecule has 0 aliphatic heterocycles. The second kappa shape index (κ2) is 6.17. The molecule has 1 aromatic heterocycles. The average molecular weight is 301 g/mol. The summed E-state index contributed by atoms with van der Waals surface area (Å²) in [5, 5.41) is 7.11. The highest BCUT2D eigenvalue weighted by Gasteiger charge is 2.29. The molecule has 0 radical (unpaired) electrons. The molecule has 0 saturated heterocycles. The maximum Gasteiger partial charge on any atom is 0.325 e. The van der Waals surface area contributed by atoms with Gasteiger partial charge in [-0.05, 0) is 44.4 Å². The highest BCUT2D eigenvalue weighted by atomic mass is 16.5. The number of ether oxygens (including phenoxy) is 1. The van der Waals surface area contributed by atoms with E-state index >= 15 is 0 Å². The van der Waals surface area contributed by atoms with Gasteiger partial charge in [-0.1, -0.05) is 11.2 Å². The van der Waals surface area contributed by atoms with Gasteiger partial charge in [0.05, 0.1) is 6.61 Å². The van der Waals surface area contributed by atoms with E-state index in [9.17, 15) is 4.79 Å². The number of rotatable bonds is 6. The molecule has 1 aromatic carbocycles. The molecule has 1 aliphatic carbocycles. The molecule has 6 heteroatoms. The van der Waals surface area contributed by atoms with Crippen LogP contribution in [-0.4, -0.2) is 29.3 Å². The maximum atomic E-state index is 11.4. The number of carbonyl (C=O) groups is 1. The predicted molar refractivity (Wildman–Crippen MR) is 81.6 cm³/mol. The van der Waals surface area contributed by atoms with Crippen LogP contribution in [0.1, 0.15) is 37.1 Å². The quantitative estimate of drug-likeness (QED) is 0.827. The summed E-state index contributed by atoms with van der Waals surface area (Å²) < 4.78 is 10.2. The van der Waals surface area contributed by atoms with Gasteiger partial charge in [0.25, 0.3) is 5.89 Å². The first-order chi connectivity index (χ1) is 10.7. The lowest BCUT2D eigenvalue weighted by molar-refractivity contribution is -0.140. The number of aryl methyl sites for hydroxylation is 1. The Kier molecular flexibility index (Phi) is 4.09. The van der Waals surface area contributed by atoms with E-state index in [1.54, 1.807) is 6.92 Å². The highest BCUT2D eigenvalue weighted by molar-refractivity contribution is 5.76. The van der Waals surface area contributed by atoms with Gasteiger partial charge in [0, 0.05) is 17.2 Å². The Labute approximate surface area is 128 Å². The van der Waals surface area contributed by atoms with Crippen LogP contribution < -0.4 is 5.32 Å². The fraction of sp³-hybridized carbons (Fsp3) is 0.438. The van der Waals surface area contributed by atoms with Gasteiger partial charge in [0.15, 0.2) is 5.82 Å². The Morgan fingerprint density at radius 3 is 3.00 bits per heavy atom. The van der Waals surface area contributed by atoms with Crippen molar-refractivity contribution >= 4 is 11.7 Å². The van der Waals surface area contributed by atoms with Gasteiger partial charge in [0.2, 0.25) is 0 Å². The summed E-state index contributed by atoms with van der Waals surface area (Å²) in [6.07, 6.45) is 2.28. The molecule has 0 bridgehead atoms. The second-order valence-electron chi connectivity index (χ2n) is 5.42. The van der Waals surface area contributed by atoms with E-state index in [0.717, 1.165) is 35.5 Å². The summed E-state index contributed by atoms with van der Waals surface area (Å²) in [6.45, 7) is 4.28. The van der Waals surface area contributed by atoms with E-state index in [2.05, 4.69) is 15.5 Å². The molecule has 0 spiro atoms. The van der Waals surface area contributed by atoms with Crippen molar-refractivity contribution in [2.75, 3.05) is 18.5 Å². The molecule has 1 N–H and O–H groups in total. The topological polar surface area (TPSA) is 77.2 Å². The van der Waals surface area contributed by atoms with E-state index in [-0.39, 0.29) is 12.5 Å². The van der Waals surface area contributed by atoms with Crippen LogP contribution in [0.25, 0.3) is 11.5 Å². The third-order valence-corrected chi connectivity index (χ3v) is 3.60. The fourth-order valence-electron chi connectivity index (χ4n) is 2.18. The second-order valence-corrected chi connectivity index (χ2v) is 5.42. The number of benzene rings is 1. The fourth-order valence-corrected chi connectivity index (χ4v) is 2.18. The minimum Gasteiger partial charge on any atom is -0.465 e. The van der Waals surface area contributed by atoms with Crippen molar-refractivity contribution < 1.29 is 14.1 Å². The van der Waals surface area contributed by atoms with Crippen LogP contribution in [0, 0.1) is 6.92 Å². The highest BCUT2D eigenvalue weighted by Crippen LogP contribution is 2.39. The van der Waals surface area contributed by atoms with E-state index in [1.807, 2.05) is 25.1 Å². The minimum atomic E-state index is -0.277. The van der Waals surface area contributed by atoms with E-state index < -0.39 is 0 Å². The Morgan fingerprint density at radius 2 is 2.27 bits per heavy atom. The van der Waals surface area contributed by atoms with Crippen LogP contribution in [0.3, 0.4) is 0 Å². The first-order valence-electron chi connectivity index (χ1n) is 7.51. The molecule has 0 unspecified atom stereocenters. The van der Waals surface area contributed by atoms with Gasteiger partial charge in [-0.3, -0.25) is 4.79 Å². The van der Waals surface area contributed by atoms with Gasteiger partial charge < -0.3 is 14.6 Å². The number of esters is 1. The van der Waals surface area contributed by atoms with Crippen molar-refractivity contribution in [3.63, 3.8) is 0 Å². The predicted octanol–water partition coefficient (Wildman–Crippen LogP) is 2.90. The average Bonchev–Trinajstić information content (AvgIpc) is 3.24. The lowest BCUT2D eigenvalue weighted by atomic mass is 10.1. The molecule has 0 atom stereocenters. The van der Waals surface area contributed by atoms with E-state index in [1.165, 1.54) is 0 Å². The zero-order chi connectivity index (χ0) is 15.5. The molecule has 1 fully saturated rings. The number of carbonyl (C=O) groups excluding carboxylic acids is 1. The first-order valence-corrected chi connectivity index (χ1v) is 7.51. The van der Waals surface area contributed by atoms with Crippen molar-refractivity contribution in [1.82, 2.24) is 10.1 Å². The minimum absolute atomic E-state index is 0.134. The van der Waals surface area contributed by atoms with Crippen LogP contribution in [0.15, 0.2) is 22.7 Å². The Hall–Kier alpha value is -2.37. The Morgan fingerprint density at radius 1 is 1.45 bits per heavy atom. The first kappa shape index (κ1) is 14.6. The molecule has 2 aromatic rings. The summed E-state index contributed by atoms with van der Waals surface area (Å²) in [5.74, 6) is 1.49. The van der Waals surface area contributed by atoms with Crippen molar-refractivity contribution in [3.05, 3.63) is 29.6 Å². The maximum absolute atomic E-state index is 11.4. The largest absolute Gasteiger partial charge is 0.465 e. The van der Waals surface area contributed by atoms with Crippen LogP contribution in [0.2, 0.25) is 0 Å². The molecule has 1 aliphatic rings. The number of nitrogens with zero attached hydrogens (tertiary/aromatic N) is 2. The number of aromatic nitrogens is 2. The monoisotopic (exact) mass is 301 g/mol. The smallest absolute Gasteiger partial charge is 0.325 e. The SMILES string of the molecule is CCOC(=O)CNc1cc(-c2nc(C3CC3)no2)ccc1C. The zero-order valence-corrected chi connectivity index (χ0v) is 12.8. The summed E-state index contributed by atoms with van der Waals surface area (Å²) in [7, 11) is 0. The third kappa shape index (κ3) is 3.27. The molecule has 0 amide bonds.